The van der Waals surface area contributed by atoms with Crippen molar-refractivity contribution in [2.75, 3.05) is 11.5 Å². The van der Waals surface area contributed by atoms with Crippen LogP contribution in [-0.2, 0) is 6.61 Å². The average molecular weight is 589 g/mol. The highest BCUT2D eigenvalue weighted by Gasteiger charge is 2.45. The van der Waals surface area contributed by atoms with Gasteiger partial charge >= 0.3 is 0 Å². The first-order valence-corrected chi connectivity index (χ1v) is 13.6. The van der Waals surface area contributed by atoms with Gasteiger partial charge in [-0.1, -0.05) is 52.3 Å². The zero-order valence-corrected chi connectivity index (χ0v) is 22.6. The molecule has 1 amide bonds. The van der Waals surface area contributed by atoms with Crippen LogP contribution in [0.25, 0.3) is 11.0 Å². The van der Waals surface area contributed by atoms with Gasteiger partial charge in [0.25, 0.3) is 5.91 Å². The number of benzene rings is 3. The van der Waals surface area contributed by atoms with Crippen molar-refractivity contribution in [3.63, 3.8) is 0 Å². The quantitative estimate of drug-likeness (QED) is 0.209. The van der Waals surface area contributed by atoms with Gasteiger partial charge in [-0.25, -0.2) is 4.98 Å². The lowest BCUT2D eigenvalue weighted by atomic mass is 9.98. The Morgan fingerprint density at radius 3 is 2.63 bits per heavy atom. The first kappa shape index (κ1) is 24.4. The van der Waals surface area contributed by atoms with Crippen LogP contribution >= 0.6 is 27.3 Å². The zero-order chi connectivity index (χ0) is 26.2. The van der Waals surface area contributed by atoms with Crippen LogP contribution in [0.4, 0.5) is 5.13 Å². The minimum Gasteiger partial charge on any atom is -0.490 e. The Morgan fingerprint density at radius 1 is 1.03 bits per heavy atom. The first-order chi connectivity index (χ1) is 18.5. The van der Waals surface area contributed by atoms with Crippen LogP contribution in [0.5, 0.6) is 11.5 Å². The molecule has 0 spiro atoms. The van der Waals surface area contributed by atoms with Gasteiger partial charge in [0.2, 0.25) is 5.76 Å². The van der Waals surface area contributed by atoms with Crippen molar-refractivity contribution >= 4 is 49.3 Å². The third kappa shape index (κ3) is 4.27. The summed E-state index contributed by atoms with van der Waals surface area (Å²) in [5.74, 6) is 0.699. The van der Waals surface area contributed by atoms with Crippen molar-refractivity contribution in [1.82, 2.24) is 4.98 Å². The van der Waals surface area contributed by atoms with E-state index in [1.54, 1.807) is 29.8 Å². The highest BCUT2D eigenvalue weighted by Crippen LogP contribution is 2.44. The largest absolute Gasteiger partial charge is 0.490 e. The minimum atomic E-state index is -0.745. The van der Waals surface area contributed by atoms with Crippen LogP contribution in [0.2, 0.25) is 0 Å². The van der Waals surface area contributed by atoms with Crippen molar-refractivity contribution in [2.24, 2.45) is 0 Å². The number of anilines is 1. The van der Waals surface area contributed by atoms with Crippen LogP contribution in [-0.4, -0.2) is 17.5 Å². The highest BCUT2D eigenvalue weighted by atomic mass is 79.9. The highest BCUT2D eigenvalue weighted by molar-refractivity contribution is 9.10. The standard InChI is InChI=1S/C29H21BrN2O5S/c1-2-35-23-14-18(8-10-22(23)36-16-17-6-4-3-5-7-17)25-24-26(33)20-15-19(30)9-11-21(20)37-27(24)28(34)32(25)29-31-12-13-38-29/h3-15,25H,2,16H2,1H3. The lowest BCUT2D eigenvalue weighted by Crippen LogP contribution is -2.29. The lowest BCUT2D eigenvalue weighted by Gasteiger charge is -2.23. The van der Waals surface area contributed by atoms with Gasteiger partial charge in [0.15, 0.2) is 22.1 Å². The van der Waals surface area contributed by atoms with Crippen LogP contribution < -0.4 is 19.8 Å². The van der Waals surface area contributed by atoms with E-state index in [-0.39, 0.29) is 16.8 Å². The summed E-state index contributed by atoms with van der Waals surface area (Å²) in [5.41, 5.74) is 2.08. The fourth-order valence-corrected chi connectivity index (χ4v) is 5.64. The predicted molar refractivity (Wildman–Crippen MR) is 149 cm³/mol. The number of fused-ring (bicyclic) bond motifs is 2. The molecule has 0 bridgehead atoms. The molecular weight excluding hydrogens is 568 g/mol. The molecule has 0 radical (unpaired) electrons. The van der Waals surface area contributed by atoms with E-state index < -0.39 is 11.9 Å². The van der Waals surface area contributed by atoms with E-state index >= 15 is 0 Å². The molecule has 1 aliphatic heterocycles. The van der Waals surface area contributed by atoms with Gasteiger partial charge in [-0.3, -0.25) is 14.5 Å². The second-order valence-corrected chi connectivity index (χ2v) is 10.4. The second kappa shape index (κ2) is 10.1. The summed E-state index contributed by atoms with van der Waals surface area (Å²) >= 11 is 4.75. The number of thiazole rings is 1. The molecule has 0 N–H and O–H groups in total. The van der Waals surface area contributed by atoms with E-state index in [0.717, 1.165) is 10.0 Å². The van der Waals surface area contributed by atoms with Crippen LogP contribution in [0.3, 0.4) is 0 Å². The Kier molecular flexibility index (Phi) is 6.47. The number of aromatic nitrogens is 1. The maximum Gasteiger partial charge on any atom is 0.297 e. The van der Waals surface area contributed by atoms with E-state index in [1.165, 1.54) is 16.2 Å². The van der Waals surface area contributed by atoms with Crippen molar-refractivity contribution < 1.29 is 18.7 Å². The molecule has 3 heterocycles. The molecule has 38 heavy (non-hydrogen) atoms. The van der Waals surface area contributed by atoms with Gasteiger partial charge in [-0.15, -0.1) is 11.3 Å². The number of hydrogen-bond donors (Lipinski definition) is 0. The molecule has 6 rings (SSSR count). The maximum absolute atomic E-state index is 13.8. The maximum atomic E-state index is 13.8. The molecule has 7 nitrogen and oxygen atoms in total. The molecule has 190 valence electrons. The summed E-state index contributed by atoms with van der Waals surface area (Å²) in [6.07, 6.45) is 1.63. The monoisotopic (exact) mass is 588 g/mol. The minimum absolute atomic E-state index is 0.0207. The molecule has 0 saturated heterocycles. The molecule has 2 aromatic heterocycles. The van der Waals surface area contributed by atoms with E-state index in [9.17, 15) is 9.59 Å². The van der Waals surface area contributed by atoms with E-state index in [2.05, 4.69) is 20.9 Å². The predicted octanol–water partition coefficient (Wildman–Crippen LogP) is 6.74. The van der Waals surface area contributed by atoms with Gasteiger partial charge in [-0.2, -0.15) is 0 Å². The van der Waals surface area contributed by atoms with E-state index in [1.807, 2.05) is 55.5 Å². The smallest absolute Gasteiger partial charge is 0.297 e. The van der Waals surface area contributed by atoms with E-state index in [4.69, 9.17) is 13.9 Å². The second-order valence-electron chi connectivity index (χ2n) is 8.62. The van der Waals surface area contributed by atoms with Crippen molar-refractivity contribution in [3.8, 4) is 11.5 Å². The van der Waals surface area contributed by atoms with Crippen molar-refractivity contribution in [2.45, 2.75) is 19.6 Å². The first-order valence-electron chi connectivity index (χ1n) is 12.0. The number of nitrogens with zero attached hydrogens (tertiary/aromatic N) is 2. The summed E-state index contributed by atoms with van der Waals surface area (Å²) in [4.78, 5) is 33.4. The number of amides is 1. The summed E-state index contributed by atoms with van der Waals surface area (Å²) in [6, 6.07) is 19.8. The number of carbonyl (C=O) groups is 1. The third-order valence-corrected chi connectivity index (χ3v) is 7.54. The fraction of sp³-hybridized carbons (Fsp3) is 0.138. The Morgan fingerprint density at radius 2 is 1.87 bits per heavy atom. The molecule has 0 aliphatic carbocycles. The zero-order valence-electron chi connectivity index (χ0n) is 20.2. The molecule has 0 saturated carbocycles. The summed E-state index contributed by atoms with van der Waals surface area (Å²) in [5, 5.41) is 2.65. The fourth-order valence-electron chi connectivity index (χ4n) is 4.61. The summed E-state index contributed by atoms with van der Waals surface area (Å²) in [6.45, 7) is 2.69. The van der Waals surface area contributed by atoms with Crippen LogP contribution in [0, 0.1) is 0 Å². The van der Waals surface area contributed by atoms with Gasteiger partial charge in [-0.05, 0) is 48.4 Å². The summed E-state index contributed by atoms with van der Waals surface area (Å²) in [7, 11) is 0. The molecule has 5 aromatic rings. The molecule has 1 aliphatic rings. The molecular formula is C29H21BrN2O5S. The molecule has 3 aromatic carbocycles. The Balaban J connectivity index is 1.49. The van der Waals surface area contributed by atoms with E-state index in [0.29, 0.717) is 46.4 Å². The van der Waals surface area contributed by atoms with Crippen LogP contribution in [0.1, 0.15) is 40.2 Å². The Hall–Kier alpha value is -3.95. The lowest BCUT2D eigenvalue weighted by molar-refractivity contribution is 0.0971. The SMILES string of the molecule is CCOc1cc(C2c3c(oc4ccc(Br)cc4c3=O)C(=O)N2c2nccs2)ccc1OCc1ccccc1. The van der Waals surface area contributed by atoms with Gasteiger partial charge in [0.05, 0.1) is 23.6 Å². The van der Waals surface area contributed by atoms with Crippen LogP contribution in [0.15, 0.2) is 92.0 Å². The van der Waals surface area contributed by atoms with Gasteiger partial charge < -0.3 is 13.9 Å². The topological polar surface area (TPSA) is 81.9 Å². The van der Waals surface area contributed by atoms with Crippen molar-refractivity contribution in [3.05, 3.63) is 115 Å². The average Bonchev–Trinajstić information content (AvgIpc) is 3.56. The number of rotatable bonds is 7. The normalized spacial score (nSPS) is 14.6. The number of halogens is 1. The number of carbonyl (C=O) groups excluding carboxylic acids is 1. The Labute approximate surface area is 230 Å². The third-order valence-electron chi connectivity index (χ3n) is 6.28. The molecule has 0 fully saturated rings. The van der Waals surface area contributed by atoms with Gasteiger partial charge in [0, 0.05) is 16.0 Å². The summed E-state index contributed by atoms with van der Waals surface area (Å²) < 4.78 is 18.8. The van der Waals surface area contributed by atoms with Gasteiger partial charge in [0.1, 0.15) is 12.2 Å². The number of ether oxygens (including phenoxy) is 2. The van der Waals surface area contributed by atoms with Crippen molar-refractivity contribution in [1.29, 1.82) is 0 Å². The molecule has 1 unspecified atom stereocenters. The Bertz CT molecular complexity index is 1700. The number of hydrogen-bond acceptors (Lipinski definition) is 7. The molecule has 9 heteroatoms. The molecule has 1 atom stereocenters.